The van der Waals surface area contributed by atoms with E-state index < -0.39 is 16.2 Å². The molecule has 3 aromatic carbocycles. The van der Waals surface area contributed by atoms with Gasteiger partial charge in [-0.1, -0.05) is 65.7 Å². The molecule has 4 rings (SSSR count). The van der Waals surface area contributed by atoms with Crippen molar-refractivity contribution in [1.82, 2.24) is 0 Å². The zero-order valence-electron chi connectivity index (χ0n) is 14.6. The van der Waals surface area contributed by atoms with E-state index in [0.29, 0.717) is 27.8 Å². The number of halogens is 2. The molecule has 0 saturated carbocycles. The first kappa shape index (κ1) is 19.3. The van der Waals surface area contributed by atoms with Crippen LogP contribution in [-0.2, 0) is 20.7 Å². The zero-order valence-corrected chi connectivity index (χ0v) is 17.0. The summed E-state index contributed by atoms with van der Waals surface area (Å²) in [6.45, 7) is -0.0918. The molecule has 0 aliphatic carbocycles. The summed E-state index contributed by atoms with van der Waals surface area (Å²) < 4.78 is 35.9. The van der Waals surface area contributed by atoms with Gasteiger partial charge in [0.25, 0.3) is 10.1 Å². The summed E-state index contributed by atoms with van der Waals surface area (Å²) in [6, 6.07) is 19.1. The molecule has 0 N–H and O–H groups in total. The van der Waals surface area contributed by atoms with Crippen molar-refractivity contribution in [2.24, 2.45) is 0 Å². The lowest BCUT2D eigenvalue weighted by atomic mass is 10.0. The number of benzene rings is 3. The lowest BCUT2D eigenvalue weighted by Gasteiger charge is -2.14. The number of rotatable bonds is 5. The van der Waals surface area contributed by atoms with Crippen molar-refractivity contribution in [1.29, 1.82) is 0 Å². The monoisotopic (exact) mass is 434 g/mol. The topological polar surface area (TPSA) is 52.6 Å². The fraction of sp³-hybridized carbons (Fsp3) is 0.143. The second kappa shape index (κ2) is 7.76. The summed E-state index contributed by atoms with van der Waals surface area (Å²) in [5, 5.41) is 1.08. The molecule has 1 unspecified atom stereocenters. The summed E-state index contributed by atoms with van der Waals surface area (Å²) >= 11 is 12.8. The highest BCUT2D eigenvalue weighted by molar-refractivity contribution is 7.86. The lowest BCUT2D eigenvalue weighted by Crippen LogP contribution is -2.23. The predicted molar refractivity (Wildman–Crippen MR) is 110 cm³/mol. The summed E-state index contributed by atoms with van der Waals surface area (Å²) in [6.07, 6.45) is 0.0852. The van der Waals surface area contributed by atoms with Gasteiger partial charge in [-0.2, -0.15) is 8.42 Å². The van der Waals surface area contributed by atoms with E-state index in [1.807, 2.05) is 24.3 Å². The van der Waals surface area contributed by atoms with Crippen LogP contribution in [-0.4, -0.2) is 21.1 Å². The lowest BCUT2D eigenvalue weighted by molar-refractivity contribution is 0.152. The Morgan fingerprint density at radius 1 is 0.929 bits per heavy atom. The van der Waals surface area contributed by atoms with E-state index in [1.54, 1.807) is 30.3 Å². The fourth-order valence-electron chi connectivity index (χ4n) is 3.18. The van der Waals surface area contributed by atoms with Gasteiger partial charge in [-0.25, -0.2) is 0 Å². The normalized spacial score (nSPS) is 15.9. The van der Waals surface area contributed by atoms with E-state index in [1.165, 1.54) is 12.1 Å². The Morgan fingerprint density at radius 3 is 2.39 bits per heavy atom. The molecule has 0 radical (unpaired) electrons. The third kappa shape index (κ3) is 3.76. The summed E-state index contributed by atoms with van der Waals surface area (Å²) in [4.78, 5) is 0.116. The molecule has 0 amide bonds. The van der Waals surface area contributed by atoms with Crippen LogP contribution < -0.4 is 4.74 Å². The van der Waals surface area contributed by atoms with Crippen LogP contribution >= 0.6 is 23.2 Å². The zero-order chi connectivity index (χ0) is 19.7. The van der Waals surface area contributed by atoms with Gasteiger partial charge in [0.05, 0.1) is 9.92 Å². The molecule has 0 saturated heterocycles. The van der Waals surface area contributed by atoms with Crippen molar-refractivity contribution >= 4 is 33.3 Å². The van der Waals surface area contributed by atoms with Crippen molar-refractivity contribution in [2.45, 2.75) is 17.4 Å². The van der Waals surface area contributed by atoms with Gasteiger partial charge in [0.15, 0.2) is 0 Å². The molecule has 1 aliphatic rings. The van der Waals surface area contributed by atoms with Crippen molar-refractivity contribution < 1.29 is 17.3 Å². The molecule has 4 nitrogen and oxygen atoms in total. The smallest absolute Gasteiger partial charge is 0.297 e. The van der Waals surface area contributed by atoms with E-state index in [9.17, 15) is 8.42 Å². The van der Waals surface area contributed by atoms with Crippen LogP contribution in [0.4, 0.5) is 0 Å². The summed E-state index contributed by atoms with van der Waals surface area (Å²) in [5.74, 6) is 0.617. The van der Waals surface area contributed by atoms with Crippen LogP contribution in [0.15, 0.2) is 71.6 Å². The molecule has 3 aromatic rings. The Balaban J connectivity index is 1.56. The van der Waals surface area contributed by atoms with Crippen LogP contribution in [0, 0.1) is 0 Å². The van der Waals surface area contributed by atoms with Crippen LogP contribution in [0.1, 0.15) is 5.56 Å². The van der Waals surface area contributed by atoms with Crippen LogP contribution in [0.5, 0.6) is 5.75 Å². The first-order chi connectivity index (χ1) is 13.5. The molecular formula is C21H16Cl2O4S. The average Bonchev–Trinajstić information content (AvgIpc) is 3.11. The molecule has 1 atom stereocenters. The molecule has 28 heavy (non-hydrogen) atoms. The average molecular weight is 435 g/mol. The van der Waals surface area contributed by atoms with E-state index in [0.717, 1.165) is 11.1 Å². The van der Waals surface area contributed by atoms with E-state index >= 15 is 0 Å². The Morgan fingerprint density at radius 2 is 1.64 bits per heavy atom. The quantitative estimate of drug-likeness (QED) is 0.506. The van der Waals surface area contributed by atoms with E-state index in [4.69, 9.17) is 32.1 Å². The minimum Gasteiger partial charge on any atom is -0.487 e. The molecule has 0 aromatic heterocycles. The SMILES string of the molecule is O=S(=O)(OCC1Cc2ccc(Cl)c(-c3ccccc3Cl)c2O1)c1ccccc1. The van der Waals surface area contributed by atoms with Crippen LogP contribution in [0.2, 0.25) is 10.0 Å². The first-order valence-electron chi connectivity index (χ1n) is 8.63. The Bertz CT molecular complexity index is 1110. The van der Waals surface area contributed by atoms with Gasteiger partial charge in [0, 0.05) is 22.6 Å². The van der Waals surface area contributed by atoms with Crippen molar-refractivity contribution in [3.63, 3.8) is 0 Å². The second-order valence-corrected chi connectivity index (χ2v) is 8.82. The van der Waals surface area contributed by atoms with Gasteiger partial charge in [0.2, 0.25) is 0 Å². The van der Waals surface area contributed by atoms with Gasteiger partial charge in [-0.05, 0) is 29.8 Å². The van der Waals surface area contributed by atoms with Crippen LogP contribution in [0.25, 0.3) is 11.1 Å². The fourth-order valence-corrected chi connectivity index (χ4v) is 4.62. The van der Waals surface area contributed by atoms with Gasteiger partial charge in [-0.3, -0.25) is 4.18 Å². The Hall–Kier alpha value is -2.05. The maximum atomic E-state index is 12.3. The maximum Gasteiger partial charge on any atom is 0.297 e. The van der Waals surface area contributed by atoms with Gasteiger partial charge in [0.1, 0.15) is 18.5 Å². The van der Waals surface area contributed by atoms with E-state index in [2.05, 4.69) is 0 Å². The first-order valence-corrected chi connectivity index (χ1v) is 10.8. The highest BCUT2D eigenvalue weighted by Gasteiger charge is 2.30. The summed E-state index contributed by atoms with van der Waals surface area (Å²) in [5.41, 5.74) is 2.41. The van der Waals surface area contributed by atoms with Gasteiger partial charge in [-0.15, -0.1) is 0 Å². The Kier molecular flexibility index (Phi) is 5.34. The van der Waals surface area contributed by atoms with Gasteiger partial charge < -0.3 is 4.74 Å². The number of fused-ring (bicyclic) bond motifs is 1. The second-order valence-electron chi connectivity index (χ2n) is 6.39. The molecule has 1 aliphatic heterocycles. The third-order valence-electron chi connectivity index (χ3n) is 4.50. The number of hydrogen-bond acceptors (Lipinski definition) is 4. The molecule has 0 bridgehead atoms. The minimum atomic E-state index is -3.84. The van der Waals surface area contributed by atoms with Crippen molar-refractivity contribution in [3.05, 3.63) is 82.3 Å². The predicted octanol–water partition coefficient (Wildman–Crippen LogP) is 5.37. The third-order valence-corrected chi connectivity index (χ3v) is 6.45. The maximum absolute atomic E-state index is 12.3. The minimum absolute atomic E-state index is 0.0918. The molecule has 0 fully saturated rings. The highest BCUT2D eigenvalue weighted by Crippen LogP contribution is 2.45. The summed E-state index contributed by atoms with van der Waals surface area (Å²) in [7, 11) is -3.84. The van der Waals surface area contributed by atoms with Crippen molar-refractivity contribution in [3.8, 4) is 16.9 Å². The highest BCUT2D eigenvalue weighted by atomic mass is 35.5. The van der Waals surface area contributed by atoms with E-state index in [-0.39, 0.29) is 11.5 Å². The number of ether oxygens (including phenoxy) is 1. The number of hydrogen-bond donors (Lipinski definition) is 0. The molecule has 1 heterocycles. The molecule has 144 valence electrons. The molecule has 7 heteroatoms. The van der Waals surface area contributed by atoms with Crippen LogP contribution in [0.3, 0.4) is 0 Å². The standard InChI is InChI=1S/C21H16Cl2O4S/c22-18-9-5-4-8-17(18)20-19(23)11-10-14-12-15(27-21(14)20)13-26-28(24,25)16-6-2-1-3-7-16/h1-11,15H,12-13H2. The largest absolute Gasteiger partial charge is 0.487 e. The van der Waals surface area contributed by atoms with Crippen molar-refractivity contribution in [2.75, 3.05) is 6.61 Å². The molecular weight excluding hydrogens is 419 g/mol. The Labute approximate surface area is 173 Å². The van der Waals surface area contributed by atoms with Gasteiger partial charge >= 0.3 is 0 Å². The molecule has 0 spiro atoms.